The third kappa shape index (κ3) is 3.31. The summed E-state index contributed by atoms with van der Waals surface area (Å²) in [6.07, 6.45) is 5.71. The number of hydrogen-bond acceptors (Lipinski definition) is 3. The summed E-state index contributed by atoms with van der Waals surface area (Å²) < 4.78 is 10.7. The molecule has 1 heterocycles. The fourth-order valence-electron chi connectivity index (χ4n) is 3.23. The standard InChI is InChI=1S/C17H23NO3/c1-2-18(17(19)10-13-5-3-4-6-13)11-14-7-8-15-16(9-14)21-12-20-15/h7-9,13H,2-6,10-12H2,1H3. The molecular formula is C17H23NO3. The molecule has 0 spiro atoms. The van der Waals surface area contributed by atoms with E-state index in [0.717, 1.165) is 23.6 Å². The smallest absolute Gasteiger partial charge is 0.231 e. The molecule has 1 saturated carbocycles. The highest BCUT2D eigenvalue weighted by Crippen LogP contribution is 2.33. The van der Waals surface area contributed by atoms with Crippen LogP contribution in [0.5, 0.6) is 11.5 Å². The predicted molar refractivity (Wildman–Crippen MR) is 80.2 cm³/mol. The van der Waals surface area contributed by atoms with E-state index in [-0.39, 0.29) is 12.7 Å². The molecule has 2 aliphatic rings. The maximum absolute atomic E-state index is 12.4. The maximum Gasteiger partial charge on any atom is 0.231 e. The number of ether oxygens (including phenoxy) is 2. The van der Waals surface area contributed by atoms with Crippen LogP contribution in [0.1, 0.15) is 44.6 Å². The van der Waals surface area contributed by atoms with Gasteiger partial charge in [-0.3, -0.25) is 4.79 Å². The van der Waals surface area contributed by atoms with E-state index in [1.807, 2.05) is 30.0 Å². The van der Waals surface area contributed by atoms with Gasteiger partial charge in [-0.1, -0.05) is 18.9 Å². The summed E-state index contributed by atoms with van der Waals surface area (Å²) in [5.74, 6) is 2.45. The molecule has 4 nitrogen and oxygen atoms in total. The molecule has 1 aliphatic carbocycles. The largest absolute Gasteiger partial charge is 0.454 e. The average molecular weight is 289 g/mol. The van der Waals surface area contributed by atoms with Crippen molar-refractivity contribution in [2.75, 3.05) is 13.3 Å². The Morgan fingerprint density at radius 2 is 2.00 bits per heavy atom. The second-order valence-electron chi connectivity index (χ2n) is 5.95. The molecule has 0 N–H and O–H groups in total. The molecule has 114 valence electrons. The number of nitrogens with zero attached hydrogens (tertiary/aromatic N) is 1. The molecule has 1 amide bonds. The van der Waals surface area contributed by atoms with Crippen LogP contribution in [0.15, 0.2) is 18.2 Å². The lowest BCUT2D eigenvalue weighted by atomic mass is 10.0. The normalized spacial score (nSPS) is 17.2. The Balaban J connectivity index is 1.62. The van der Waals surface area contributed by atoms with Crippen molar-refractivity contribution in [1.29, 1.82) is 0 Å². The van der Waals surface area contributed by atoms with Gasteiger partial charge in [0.05, 0.1) is 0 Å². The van der Waals surface area contributed by atoms with Gasteiger partial charge in [-0.05, 0) is 43.4 Å². The highest BCUT2D eigenvalue weighted by atomic mass is 16.7. The molecular weight excluding hydrogens is 266 g/mol. The fourth-order valence-corrected chi connectivity index (χ4v) is 3.23. The Hall–Kier alpha value is -1.71. The molecule has 0 radical (unpaired) electrons. The first kappa shape index (κ1) is 14.2. The molecule has 21 heavy (non-hydrogen) atoms. The van der Waals surface area contributed by atoms with Gasteiger partial charge < -0.3 is 14.4 Å². The second-order valence-corrected chi connectivity index (χ2v) is 5.95. The fraction of sp³-hybridized carbons (Fsp3) is 0.588. The van der Waals surface area contributed by atoms with Crippen molar-refractivity contribution in [3.05, 3.63) is 23.8 Å². The van der Waals surface area contributed by atoms with E-state index >= 15 is 0 Å². The molecule has 1 aromatic carbocycles. The minimum Gasteiger partial charge on any atom is -0.454 e. The van der Waals surface area contributed by atoms with Crippen LogP contribution in [0.25, 0.3) is 0 Å². The number of rotatable bonds is 5. The summed E-state index contributed by atoms with van der Waals surface area (Å²) in [6, 6.07) is 5.92. The lowest BCUT2D eigenvalue weighted by Gasteiger charge is -2.22. The first-order valence-corrected chi connectivity index (χ1v) is 7.92. The van der Waals surface area contributed by atoms with E-state index in [2.05, 4.69) is 0 Å². The van der Waals surface area contributed by atoms with Gasteiger partial charge in [-0.15, -0.1) is 0 Å². The van der Waals surface area contributed by atoms with Crippen LogP contribution < -0.4 is 9.47 Å². The van der Waals surface area contributed by atoms with Crippen molar-refractivity contribution in [3.8, 4) is 11.5 Å². The second kappa shape index (κ2) is 6.37. The van der Waals surface area contributed by atoms with Gasteiger partial charge in [0, 0.05) is 19.5 Å². The molecule has 0 saturated heterocycles. The summed E-state index contributed by atoms with van der Waals surface area (Å²) >= 11 is 0. The Bertz CT molecular complexity index is 509. The summed E-state index contributed by atoms with van der Waals surface area (Å²) in [6.45, 7) is 3.73. The van der Waals surface area contributed by atoms with Crippen LogP contribution in [0, 0.1) is 5.92 Å². The minimum absolute atomic E-state index is 0.280. The number of fused-ring (bicyclic) bond motifs is 1. The van der Waals surface area contributed by atoms with Gasteiger partial charge in [0.2, 0.25) is 12.7 Å². The summed E-state index contributed by atoms with van der Waals surface area (Å²) in [4.78, 5) is 14.4. The number of hydrogen-bond donors (Lipinski definition) is 0. The van der Waals surface area contributed by atoms with Crippen LogP contribution in [-0.4, -0.2) is 24.1 Å². The third-order valence-corrected chi connectivity index (χ3v) is 4.48. The van der Waals surface area contributed by atoms with Crippen LogP contribution in [0.2, 0.25) is 0 Å². The molecule has 1 fully saturated rings. The van der Waals surface area contributed by atoms with E-state index in [0.29, 0.717) is 18.9 Å². The number of amides is 1. The first-order valence-electron chi connectivity index (χ1n) is 7.92. The van der Waals surface area contributed by atoms with E-state index in [4.69, 9.17) is 9.47 Å². The van der Waals surface area contributed by atoms with Crippen LogP contribution in [0.3, 0.4) is 0 Å². The van der Waals surface area contributed by atoms with Gasteiger partial charge in [-0.2, -0.15) is 0 Å². The van der Waals surface area contributed by atoms with Crippen molar-refractivity contribution in [1.82, 2.24) is 4.90 Å². The molecule has 0 bridgehead atoms. The molecule has 3 rings (SSSR count). The van der Waals surface area contributed by atoms with Crippen molar-refractivity contribution in [2.24, 2.45) is 5.92 Å². The summed E-state index contributed by atoms with van der Waals surface area (Å²) in [5.41, 5.74) is 1.10. The van der Waals surface area contributed by atoms with E-state index in [1.165, 1.54) is 25.7 Å². The maximum atomic E-state index is 12.4. The van der Waals surface area contributed by atoms with Gasteiger partial charge in [0.15, 0.2) is 11.5 Å². The third-order valence-electron chi connectivity index (χ3n) is 4.48. The zero-order chi connectivity index (χ0) is 14.7. The zero-order valence-electron chi connectivity index (χ0n) is 12.6. The number of carbonyl (C=O) groups is 1. The van der Waals surface area contributed by atoms with Gasteiger partial charge in [0.25, 0.3) is 0 Å². The Morgan fingerprint density at radius 1 is 1.24 bits per heavy atom. The predicted octanol–water partition coefficient (Wildman–Crippen LogP) is 3.34. The SMILES string of the molecule is CCN(Cc1ccc2c(c1)OCO2)C(=O)CC1CCCC1. The van der Waals surface area contributed by atoms with Crippen LogP contribution in [0.4, 0.5) is 0 Å². The monoisotopic (exact) mass is 289 g/mol. The van der Waals surface area contributed by atoms with Crippen molar-refractivity contribution in [2.45, 2.75) is 45.6 Å². The summed E-state index contributed by atoms with van der Waals surface area (Å²) in [7, 11) is 0. The van der Waals surface area contributed by atoms with Crippen LogP contribution in [-0.2, 0) is 11.3 Å². The highest BCUT2D eigenvalue weighted by molar-refractivity contribution is 5.76. The lowest BCUT2D eigenvalue weighted by Crippen LogP contribution is -2.31. The quantitative estimate of drug-likeness (QED) is 0.834. The van der Waals surface area contributed by atoms with Gasteiger partial charge >= 0.3 is 0 Å². The molecule has 1 aromatic rings. The van der Waals surface area contributed by atoms with Crippen molar-refractivity contribution in [3.63, 3.8) is 0 Å². The Kier molecular flexibility index (Phi) is 4.32. The average Bonchev–Trinajstić information content (AvgIpc) is 3.14. The van der Waals surface area contributed by atoms with Gasteiger partial charge in [0.1, 0.15) is 0 Å². The molecule has 0 unspecified atom stereocenters. The molecule has 4 heteroatoms. The van der Waals surface area contributed by atoms with Crippen molar-refractivity contribution < 1.29 is 14.3 Å². The molecule has 0 atom stereocenters. The number of carbonyl (C=O) groups excluding carboxylic acids is 1. The van der Waals surface area contributed by atoms with E-state index in [9.17, 15) is 4.79 Å². The van der Waals surface area contributed by atoms with Crippen LogP contribution >= 0.6 is 0 Å². The molecule has 0 aromatic heterocycles. The van der Waals surface area contributed by atoms with E-state index in [1.54, 1.807) is 0 Å². The van der Waals surface area contributed by atoms with Crippen molar-refractivity contribution >= 4 is 5.91 Å². The molecule has 1 aliphatic heterocycles. The summed E-state index contributed by atoms with van der Waals surface area (Å²) in [5, 5.41) is 0. The topological polar surface area (TPSA) is 38.8 Å². The van der Waals surface area contributed by atoms with Gasteiger partial charge in [-0.25, -0.2) is 0 Å². The van der Waals surface area contributed by atoms with E-state index < -0.39 is 0 Å². The first-order chi connectivity index (χ1) is 10.3. The zero-order valence-corrected chi connectivity index (χ0v) is 12.6. The Labute approximate surface area is 126 Å². The highest BCUT2D eigenvalue weighted by Gasteiger charge is 2.22. The minimum atomic E-state index is 0.280. The number of benzene rings is 1. The Morgan fingerprint density at radius 3 is 2.76 bits per heavy atom. The lowest BCUT2D eigenvalue weighted by molar-refractivity contribution is -0.132.